The van der Waals surface area contributed by atoms with Crippen LogP contribution in [0.1, 0.15) is 32.5 Å². The number of nitrogens with zero attached hydrogens (tertiary/aromatic N) is 5. The fraction of sp³-hybridized carbons (Fsp3) is 0.550. The quantitative estimate of drug-likeness (QED) is 0.604. The zero-order valence-corrected chi connectivity index (χ0v) is 16.6. The molecule has 0 radical (unpaired) electrons. The van der Waals surface area contributed by atoms with Crippen molar-refractivity contribution in [2.75, 3.05) is 25.0 Å². The molecular weight excluding hydrogens is 338 g/mol. The van der Waals surface area contributed by atoms with E-state index in [1.54, 1.807) is 0 Å². The Kier molecular flexibility index (Phi) is 6.68. The number of nitrogens with one attached hydrogen (secondary N) is 2. The summed E-state index contributed by atoms with van der Waals surface area (Å²) in [5.41, 5.74) is 0. The third-order valence-corrected chi connectivity index (χ3v) is 4.81. The lowest BCUT2D eigenvalue weighted by atomic mass is 10.1. The van der Waals surface area contributed by atoms with E-state index in [0.717, 1.165) is 50.1 Å². The summed E-state index contributed by atoms with van der Waals surface area (Å²) in [7, 11) is 1.82. The maximum absolute atomic E-state index is 4.47. The van der Waals surface area contributed by atoms with E-state index in [1.165, 1.54) is 0 Å². The number of piperidine rings is 1. The smallest absolute Gasteiger partial charge is 0.191 e. The molecule has 0 aromatic carbocycles. The maximum Gasteiger partial charge on any atom is 0.191 e. The number of aromatic nitrogens is 3. The average molecular weight is 370 g/mol. The highest BCUT2D eigenvalue weighted by Crippen LogP contribution is 2.17. The van der Waals surface area contributed by atoms with E-state index in [0.29, 0.717) is 18.5 Å². The summed E-state index contributed by atoms with van der Waals surface area (Å²) < 4.78 is 2.20. The van der Waals surface area contributed by atoms with Crippen LogP contribution in [0.15, 0.2) is 41.8 Å². The first-order chi connectivity index (χ1) is 13.2. The molecule has 7 nitrogen and oxygen atoms in total. The fourth-order valence-electron chi connectivity index (χ4n) is 3.41. The lowest BCUT2D eigenvalue weighted by Gasteiger charge is -2.33. The lowest BCUT2D eigenvalue weighted by molar-refractivity contribution is 0.458. The highest BCUT2D eigenvalue weighted by Gasteiger charge is 2.20. The second kappa shape index (κ2) is 9.39. The van der Waals surface area contributed by atoms with Crippen LogP contribution in [0.5, 0.6) is 0 Å². The summed E-state index contributed by atoms with van der Waals surface area (Å²) in [5.74, 6) is 3.54. The standard InChI is InChI=1S/C20H31N7/c1-16(2)15-27-13-10-23-19(27)14-24-20(21-3)25-17-7-11-26(12-8-17)18-6-4-5-9-22-18/h4-6,9-10,13,16-17H,7-8,11-12,14-15H2,1-3H3,(H2,21,24,25). The zero-order valence-electron chi connectivity index (χ0n) is 16.6. The summed E-state index contributed by atoms with van der Waals surface area (Å²) in [5, 5.41) is 6.96. The van der Waals surface area contributed by atoms with Crippen molar-refractivity contribution in [1.29, 1.82) is 0 Å². The van der Waals surface area contributed by atoms with Crippen LogP contribution >= 0.6 is 0 Å². The molecule has 2 aromatic heterocycles. The third-order valence-electron chi connectivity index (χ3n) is 4.81. The van der Waals surface area contributed by atoms with Gasteiger partial charge in [0, 0.05) is 51.3 Å². The maximum atomic E-state index is 4.47. The van der Waals surface area contributed by atoms with Crippen molar-refractivity contribution < 1.29 is 0 Å². The van der Waals surface area contributed by atoms with E-state index < -0.39 is 0 Å². The first kappa shape index (κ1) is 19.2. The molecule has 1 fully saturated rings. The average Bonchev–Trinajstić information content (AvgIpc) is 3.12. The summed E-state index contributed by atoms with van der Waals surface area (Å²) in [4.78, 5) is 15.6. The normalized spacial score (nSPS) is 16.0. The van der Waals surface area contributed by atoms with Crippen LogP contribution in [-0.4, -0.2) is 46.7 Å². The van der Waals surface area contributed by atoms with Crippen molar-refractivity contribution in [2.24, 2.45) is 10.9 Å². The second-order valence-corrected chi connectivity index (χ2v) is 7.41. The largest absolute Gasteiger partial charge is 0.356 e. The Morgan fingerprint density at radius 3 is 2.70 bits per heavy atom. The van der Waals surface area contributed by atoms with Gasteiger partial charge in [0.2, 0.25) is 0 Å². The first-order valence-electron chi connectivity index (χ1n) is 9.79. The molecule has 3 heterocycles. The van der Waals surface area contributed by atoms with Gasteiger partial charge in [0.1, 0.15) is 11.6 Å². The molecule has 2 N–H and O–H groups in total. The second-order valence-electron chi connectivity index (χ2n) is 7.41. The molecule has 0 amide bonds. The Bertz CT molecular complexity index is 715. The van der Waals surface area contributed by atoms with Crippen molar-refractivity contribution in [3.05, 3.63) is 42.6 Å². The monoisotopic (exact) mass is 369 g/mol. The Hall–Kier alpha value is -2.57. The minimum Gasteiger partial charge on any atom is -0.356 e. The van der Waals surface area contributed by atoms with Crippen LogP contribution in [0.2, 0.25) is 0 Å². The summed E-state index contributed by atoms with van der Waals surface area (Å²) in [6.07, 6.45) is 7.90. The van der Waals surface area contributed by atoms with Crippen molar-refractivity contribution in [2.45, 2.75) is 45.8 Å². The Morgan fingerprint density at radius 2 is 2.04 bits per heavy atom. The number of hydrogen-bond donors (Lipinski definition) is 2. The number of rotatable bonds is 6. The van der Waals surface area contributed by atoms with Crippen LogP contribution in [0.4, 0.5) is 5.82 Å². The van der Waals surface area contributed by atoms with Gasteiger partial charge >= 0.3 is 0 Å². The summed E-state index contributed by atoms with van der Waals surface area (Å²) in [6, 6.07) is 6.50. The number of imidazole rings is 1. The molecule has 7 heteroatoms. The van der Waals surface area contributed by atoms with Gasteiger partial charge in [-0.1, -0.05) is 19.9 Å². The van der Waals surface area contributed by atoms with E-state index in [9.17, 15) is 0 Å². The van der Waals surface area contributed by atoms with Gasteiger partial charge in [-0.3, -0.25) is 4.99 Å². The van der Waals surface area contributed by atoms with Gasteiger partial charge in [-0.25, -0.2) is 9.97 Å². The van der Waals surface area contributed by atoms with Gasteiger partial charge < -0.3 is 20.1 Å². The predicted molar refractivity (Wildman–Crippen MR) is 110 cm³/mol. The van der Waals surface area contributed by atoms with Gasteiger partial charge in [0.25, 0.3) is 0 Å². The van der Waals surface area contributed by atoms with E-state index in [-0.39, 0.29) is 0 Å². The number of pyridine rings is 1. The zero-order chi connectivity index (χ0) is 19.1. The third kappa shape index (κ3) is 5.45. The molecule has 1 aliphatic heterocycles. The minimum absolute atomic E-state index is 0.423. The molecule has 0 unspecified atom stereocenters. The molecule has 3 rings (SSSR count). The van der Waals surface area contributed by atoms with Crippen LogP contribution in [-0.2, 0) is 13.1 Å². The number of guanidine groups is 1. The summed E-state index contributed by atoms with van der Waals surface area (Å²) in [6.45, 7) is 8.10. The molecule has 0 bridgehead atoms. The van der Waals surface area contributed by atoms with Gasteiger partial charge in [-0.05, 0) is 30.9 Å². The molecule has 0 atom stereocenters. The molecule has 146 valence electrons. The Labute approximate surface area is 161 Å². The highest BCUT2D eigenvalue weighted by atomic mass is 15.2. The van der Waals surface area contributed by atoms with Gasteiger partial charge in [-0.2, -0.15) is 0 Å². The van der Waals surface area contributed by atoms with E-state index >= 15 is 0 Å². The first-order valence-corrected chi connectivity index (χ1v) is 9.79. The Morgan fingerprint density at radius 1 is 1.22 bits per heavy atom. The topological polar surface area (TPSA) is 70.4 Å². The minimum atomic E-state index is 0.423. The van der Waals surface area contributed by atoms with Gasteiger partial charge in [0.15, 0.2) is 5.96 Å². The van der Waals surface area contributed by atoms with E-state index in [4.69, 9.17) is 0 Å². The van der Waals surface area contributed by atoms with Crippen LogP contribution in [0.3, 0.4) is 0 Å². The molecule has 0 aliphatic carbocycles. The molecule has 1 saturated heterocycles. The molecule has 0 spiro atoms. The van der Waals surface area contributed by atoms with Crippen LogP contribution in [0.25, 0.3) is 0 Å². The van der Waals surface area contributed by atoms with Crippen molar-refractivity contribution in [3.8, 4) is 0 Å². The van der Waals surface area contributed by atoms with Gasteiger partial charge in [-0.15, -0.1) is 0 Å². The fourth-order valence-corrected chi connectivity index (χ4v) is 3.41. The number of aliphatic imine (C=N–C) groups is 1. The lowest BCUT2D eigenvalue weighted by Crippen LogP contribution is -2.48. The van der Waals surface area contributed by atoms with E-state index in [2.05, 4.69) is 55.0 Å². The number of hydrogen-bond acceptors (Lipinski definition) is 4. The van der Waals surface area contributed by atoms with E-state index in [1.807, 2.05) is 37.8 Å². The van der Waals surface area contributed by atoms with Gasteiger partial charge in [0.05, 0.1) is 6.54 Å². The summed E-state index contributed by atoms with van der Waals surface area (Å²) >= 11 is 0. The SMILES string of the molecule is CN=C(NCc1nccn1CC(C)C)NC1CCN(c2ccccn2)CC1. The molecule has 27 heavy (non-hydrogen) atoms. The highest BCUT2D eigenvalue weighted by molar-refractivity contribution is 5.79. The molecular formula is C20H31N7. The number of anilines is 1. The molecule has 2 aromatic rings. The molecule has 1 aliphatic rings. The van der Waals surface area contributed by atoms with Crippen LogP contribution < -0.4 is 15.5 Å². The van der Waals surface area contributed by atoms with Crippen molar-refractivity contribution in [3.63, 3.8) is 0 Å². The predicted octanol–water partition coefficient (Wildman–Crippen LogP) is 2.27. The Balaban J connectivity index is 1.47. The van der Waals surface area contributed by atoms with Crippen LogP contribution in [0, 0.1) is 5.92 Å². The van der Waals surface area contributed by atoms with Crippen molar-refractivity contribution >= 4 is 11.8 Å². The molecule has 0 saturated carbocycles. The van der Waals surface area contributed by atoms with Crippen molar-refractivity contribution in [1.82, 2.24) is 25.2 Å².